The van der Waals surface area contributed by atoms with Crippen molar-refractivity contribution in [1.82, 2.24) is 9.97 Å². The van der Waals surface area contributed by atoms with Gasteiger partial charge < -0.3 is 19.5 Å². The second kappa shape index (κ2) is 9.69. The Kier molecular flexibility index (Phi) is 6.79. The fourth-order valence-electron chi connectivity index (χ4n) is 2.61. The molecule has 0 atom stereocenters. The minimum atomic E-state index is -0.416. The van der Waals surface area contributed by atoms with Crippen molar-refractivity contribution in [1.29, 1.82) is 0 Å². The molecule has 0 bridgehead atoms. The van der Waals surface area contributed by atoms with Crippen LogP contribution < -0.4 is 19.5 Å². The highest BCUT2D eigenvalue weighted by Crippen LogP contribution is 2.26. The predicted octanol–water partition coefficient (Wildman–Crippen LogP) is 4.24. The molecule has 1 heterocycles. The highest BCUT2D eigenvalue weighted by molar-refractivity contribution is 6.04. The number of nitrogens with zero attached hydrogens (tertiary/aromatic N) is 2. The number of nitrogens with one attached hydrogen (secondary N) is 1. The van der Waals surface area contributed by atoms with Crippen molar-refractivity contribution < 1.29 is 23.4 Å². The van der Waals surface area contributed by atoms with E-state index >= 15 is 0 Å². The molecule has 0 saturated carbocycles. The van der Waals surface area contributed by atoms with Gasteiger partial charge in [-0.15, -0.1) is 0 Å². The first-order chi connectivity index (χ1) is 14.4. The third kappa shape index (κ3) is 5.66. The van der Waals surface area contributed by atoms with Crippen LogP contribution in [0.2, 0.25) is 0 Å². The molecular formula is C22H22FN3O4. The van der Waals surface area contributed by atoms with E-state index in [1.165, 1.54) is 25.6 Å². The van der Waals surface area contributed by atoms with E-state index in [4.69, 9.17) is 14.2 Å². The highest BCUT2D eigenvalue weighted by Gasteiger charge is 2.13. The fraction of sp³-hybridized carbons (Fsp3) is 0.227. The zero-order chi connectivity index (χ0) is 21.5. The van der Waals surface area contributed by atoms with E-state index in [1.807, 2.05) is 13.8 Å². The van der Waals surface area contributed by atoms with Gasteiger partial charge in [-0.25, -0.2) is 14.4 Å². The summed E-state index contributed by atoms with van der Waals surface area (Å²) in [6, 6.07) is 12.7. The molecule has 0 aliphatic rings. The monoisotopic (exact) mass is 411 g/mol. The van der Waals surface area contributed by atoms with Gasteiger partial charge in [0, 0.05) is 23.3 Å². The molecule has 0 unspecified atom stereocenters. The standard InChI is InChI=1S/C22H22FN3O4/c1-14(2)30-18-9-16(22(27)26-20-11-21(28-3)25-13-24-20)8-17(10-18)29-12-15-6-4-5-7-19(15)23/h4-11,13-14H,12H2,1-3H3,(H,24,25,26,27). The molecular weight excluding hydrogens is 389 g/mol. The van der Waals surface area contributed by atoms with Gasteiger partial charge in [-0.1, -0.05) is 18.2 Å². The maximum Gasteiger partial charge on any atom is 0.257 e. The zero-order valence-electron chi connectivity index (χ0n) is 16.9. The predicted molar refractivity (Wildman–Crippen MR) is 109 cm³/mol. The Morgan fingerprint density at radius 1 is 1.10 bits per heavy atom. The number of anilines is 1. The summed E-state index contributed by atoms with van der Waals surface area (Å²) in [6.07, 6.45) is 1.18. The first-order valence-electron chi connectivity index (χ1n) is 9.30. The molecule has 2 aromatic carbocycles. The van der Waals surface area contributed by atoms with E-state index in [-0.39, 0.29) is 24.3 Å². The van der Waals surface area contributed by atoms with Gasteiger partial charge in [-0.05, 0) is 32.0 Å². The lowest BCUT2D eigenvalue weighted by Crippen LogP contribution is -2.14. The van der Waals surface area contributed by atoms with E-state index < -0.39 is 5.91 Å². The molecule has 0 radical (unpaired) electrons. The largest absolute Gasteiger partial charge is 0.491 e. The maximum atomic E-state index is 13.9. The van der Waals surface area contributed by atoms with Gasteiger partial charge >= 0.3 is 0 Å². The van der Waals surface area contributed by atoms with Crippen LogP contribution in [-0.2, 0) is 6.61 Å². The molecule has 8 heteroatoms. The number of carbonyl (C=O) groups excluding carboxylic acids is 1. The number of carbonyl (C=O) groups is 1. The zero-order valence-corrected chi connectivity index (χ0v) is 16.9. The minimum absolute atomic E-state index is 0.0158. The fourth-order valence-corrected chi connectivity index (χ4v) is 2.61. The van der Waals surface area contributed by atoms with Crippen molar-refractivity contribution >= 4 is 11.7 Å². The SMILES string of the molecule is COc1cc(NC(=O)c2cc(OCc3ccccc3F)cc(OC(C)C)c2)ncn1. The van der Waals surface area contributed by atoms with E-state index in [2.05, 4.69) is 15.3 Å². The summed E-state index contributed by atoms with van der Waals surface area (Å²) in [7, 11) is 1.47. The van der Waals surface area contributed by atoms with Gasteiger partial charge in [0.2, 0.25) is 5.88 Å². The molecule has 156 valence electrons. The van der Waals surface area contributed by atoms with Crippen molar-refractivity contribution in [3.8, 4) is 17.4 Å². The maximum absolute atomic E-state index is 13.9. The summed E-state index contributed by atoms with van der Waals surface area (Å²) in [5.74, 6) is 0.675. The molecule has 0 saturated heterocycles. The molecule has 30 heavy (non-hydrogen) atoms. The van der Waals surface area contributed by atoms with Crippen molar-refractivity contribution in [3.05, 3.63) is 71.8 Å². The molecule has 1 amide bonds. The Labute approximate surface area is 173 Å². The van der Waals surface area contributed by atoms with Crippen LogP contribution in [0, 0.1) is 5.82 Å². The molecule has 3 aromatic rings. The Hall–Kier alpha value is -3.68. The van der Waals surface area contributed by atoms with Crippen molar-refractivity contribution in [3.63, 3.8) is 0 Å². The van der Waals surface area contributed by atoms with E-state index in [9.17, 15) is 9.18 Å². The Morgan fingerprint density at radius 2 is 1.87 bits per heavy atom. The van der Waals surface area contributed by atoms with Crippen LogP contribution in [0.5, 0.6) is 17.4 Å². The summed E-state index contributed by atoms with van der Waals surface area (Å²) < 4.78 is 30.4. The second-order valence-electron chi connectivity index (χ2n) is 6.64. The van der Waals surface area contributed by atoms with Crippen LogP contribution in [0.3, 0.4) is 0 Å². The minimum Gasteiger partial charge on any atom is -0.491 e. The molecule has 1 N–H and O–H groups in total. The Bertz CT molecular complexity index is 1030. The normalized spacial score (nSPS) is 10.6. The average molecular weight is 411 g/mol. The number of amides is 1. The summed E-state index contributed by atoms with van der Waals surface area (Å²) in [5, 5.41) is 2.68. The lowest BCUT2D eigenvalue weighted by molar-refractivity contribution is 0.102. The van der Waals surface area contributed by atoms with Crippen LogP contribution >= 0.6 is 0 Å². The molecule has 1 aromatic heterocycles. The Balaban J connectivity index is 1.82. The van der Waals surface area contributed by atoms with Crippen LogP contribution in [0.15, 0.2) is 54.9 Å². The van der Waals surface area contributed by atoms with Gasteiger partial charge in [0.25, 0.3) is 5.91 Å². The molecule has 0 aliphatic heterocycles. The molecule has 7 nitrogen and oxygen atoms in total. The topological polar surface area (TPSA) is 82.6 Å². The number of benzene rings is 2. The number of hydrogen-bond acceptors (Lipinski definition) is 6. The lowest BCUT2D eigenvalue weighted by Gasteiger charge is -2.14. The van der Waals surface area contributed by atoms with Gasteiger partial charge in [-0.2, -0.15) is 0 Å². The summed E-state index contributed by atoms with van der Waals surface area (Å²) in [4.78, 5) is 20.7. The molecule has 3 rings (SSSR count). The van der Waals surface area contributed by atoms with Gasteiger partial charge in [0.05, 0.1) is 13.2 Å². The summed E-state index contributed by atoms with van der Waals surface area (Å²) in [5.41, 5.74) is 0.709. The van der Waals surface area contributed by atoms with E-state index in [0.29, 0.717) is 28.5 Å². The smallest absolute Gasteiger partial charge is 0.257 e. The van der Waals surface area contributed by atoms with E-state index in [0.717, 1.165) is 0 Å². The number of rotatable bonds is 8. The number of aromatic nitrogens is 2. The lowest BCUT2D eigenvalue weighted by atomic mass is 10.1. The number of methoxy groups -OCH3 is 1. The molecule has 0 aliphatic carbocycles. The third-order valence-corrected chi connectivity index (χ3v) is 3.96. The Morgan fingerprint density at radius 3 is 2.60 bits per heavy atom. The first kappa shape index (κ1) is 21.0. The first-order valence-corrected chi connectivity index (χ1v) is 9.30. The number of ether oxygens (including phenoxy) is 3. The second-order valence-corrected chi connectivity index (χ2v) is 6.64. The van der Waals surface area contributed by atoms with Gasteiger partial charge in [-0.3, -0.25) is 4.79 Å². The number of halogens is 1. The van der Waals surface area contributed by atoms with Crippen LogP contribution in [0.1, 0.15) is 29.8 Å². The van der Waals surface area contributed by atoms with Crippen LogP contribution in [0.25, 0.3) is 0 Å². The quantitative estimate of drug-likeness (QED) is 0.597. The highest BCUT2D eigenvalue weighted by atomic mass is 19.1. The molecule has 0 spiro atoms. The van der Waals surface area contributed by atoms with Gasteiger partial charge in [0.15, 0.2) is 0 Å². The van der Waals surface area contributed by atoms with Crippen LogP contribution in [0.4, 0.5) is 10.2 Å². The number of hydrogen-bond donors (Lipinski definition) is 1. The molecule has 0 fully saturated rings. The summed E-state index contributed by atoms with van der Waals surface area (Å²) in [6.45, 7) is 3.77. The van der Waals surface area contributed by atoms with Gasteiger partial charge in [0.1, 0.15) is 36.1 Å². The average Bonchev–Trinajstić information content (AvgIpc) is 2.72. The van der Waals surface area contributed by atoms with Crippen molar-refractivity contribution in [2.75, 3.05) is 12.4 Å². The van der Waals surface area contributed by atoms with Crippen molar-refractivity contribution in [2.24, 2.45) is 0 Å². The van der Waals surface area contributed by atoms with Crippen molar-refractivity contribution in [2.45, 2.75) is 26.6 Å². The summed E-state index contributed by atoms with van der Waals surface area (Å²) >= 11 is 0. The van der Waals surface area contributed by atoms with Crippen LogP contribution in [-0.4, -0.2) is 29.1 Å². The third-order valence-electron chi connectivity index (χ3n) is 3.96. The van der Waals surface area contributed by atoms with E-state index in [1.54, 1.807) is 36.4 Å².